The van der Waals surface area contributed by atoms with Gasteiger partial charge >= 0.3 is 5.97 Å². The van der Waals surface area contributed by atoms with Gasteiger partial charge in [0.2, 0.25) is 0 Å². The van der Waals surface area contributed by atoms with Gasteiger partial charge in [-0.05, 0) is 12.8 Å². The first-order chi connectivity index (χ1) is 14.5. The molecule has 1 atom stereocenters. The number of aliphatic carboxylic acids is 1. The monoisotopic (exact) mass is 438 g/mol. The van der Waals surface area contributed by atoms with Gasteiger partial charge in [0.15, 0.2) is 0 Å². The first-order valence-corrected chi connectivity index (χ1v) is 11.8. The maximum Gasteiger partial charge on any atom is 0.303 e. The van der Waals surface area contributed by atoms with Crippen molar-refractivity contribution in [2.24, 2.45) is 0 Å². The molecule has 0 aliphatic rings. The Kier molecular flexibility index (Phi) is 37.2. The Labute approximate surface area is 184 Å². The van der Waals surface area contributed by atoms with Crippen LogP contribution in [-0.2, 0) is 9.53 Å². The normalized spacial score (nSPS) is 11.1. The average molecular weight is 439 g/mol. The number of carboxylic acid groups (broad SMARTS) is 1. The molecule has 0 aromatic heterocycles. The molecule has 7 heteroatoms. The number of rotatable bonds is 19. The summed E-state index contributed by atoms with van der Waals surface area (Å²) in [5.41, 5.74) is 0. The van der Waals surface area contributed by atoms with Crippen molar-refractivity contribution in [3.63, 3.8) is 0 Å². The Morgan fingerprint density at radius 1 is 0.733 bits per heavy atom. The molecule has 0 aliphatic carbocycles. The SMILES string of the molecule is CCCCCCCCCC(=O)O.CCCCCCCCOCC(O)CO.OCCO. The lowest BCUT2D eigenvalue weighted by Gasteiger charge is -2.07. The molecule has 0 rings (SSSR count). The summed E-state index contributed by atoms with van der Waals surface area (Å²) in [4.78, 5) is 10.1. The van der Waals surface area contributed by atoms with Crippen LogP contribution in [0, 0.1) is 0 Å². The average Bonchev–Trinajstić information content (AvgIpc) is 2.75. The van der Waals surface area contributed by atoms with Crippen LogP contribution >= 0.6 is 0 Å². The number of carboxylic acids is 1. The van der Waals surface area contributed by atoms with E-state index in [-0.39, 0.29) is 26.4 Å². The fraction of sp³-hybridized carbons (Fsp3) is 0.957. The van der Waals surface area contributed by atoms with E-state index in [1.807, 2.05) is 0 Å². The first kappa shape index (κ1) is 33.9. The molecule has 5 N–H and O–H groups in total. The highest BCUT2D eigenvalue weighted by molar-refractivity contribution is 5.66. The molecule has 0 heterocycles. The van der Waals surface area contributed by atoms with Gasteiger partial charge in [0.25, 0.3) is 0 Å². The number of aliphatic hydroxyl groups excluding tert-OH is 4. The summed E-state index contributed by atoms with van der Waals surface area (Å²) in [5, 5.41) is 41.1. The Morgan fingerprint density at radius 3 is 1.57 bits per heavy atom. The van der Waals surface area contributed by atoms with Crippen LogP contribution in [-0.4, -0.2) is 70.6 Å². The van der Waals surface area contributed by atoms with Crippen LogP contribution in [0.1, 0.15) is 104 Å². The third-order valence-electron chi connectivity index (χ3n) is 4.26. The van der Waals surface area contributed by atoms with Crippen molar-refractivity contribution in [2.45, 2.75) is 110 Å². The number of aliphatic hydroxyl groups is 4. The van der Waals surface area contributed by atoms with Gasteiger partial charge < -0.3 is 30.3 Å². The van der Waals surface area contributed by atoms with Crippen LogP contribution in [0.5, 0.6) is 0 Å². The van der Waals surface area contributed by atoms with Crippen molar-refractivity contribution in [3.05, 3.63) is 0 Å². The number of unbranched alkanes of at least 4 members (excludes halogenated alkanes) is 11. The highest BCUT2D eigenvalue weighted by Gasteiger charge is 2.00. The van der Waals surface area contributed by atoms with Crippen LogP contribution in [0.4, 0.5) is 0 Å². The lowest BCUT2D eigenvalue weighted by atomic mass is 10.1. The number of carbonyl (C=O) groups is 1. The maximum absolute atomic E-state index is 10.1. The molecule has 0 bridgehead atoms. The number of hydrogen-bond acceptors (Lipinski definition) is 6. The van der Waals surface area contributed by atoms with Gasteiger partial charge in [0, 0.05) is 13.0 Å². The molecule has 0 radical (unpaired) electrons. The van der Waals surface area contributed by atoms with Crippen LogP contribution < -0.4 is 0 Å². The van der Waals surface area contributed by atoms with Gasteiger partial charge in [-0.1, -0.05) is 84.5 Å². The molecule has 184 valence electrons. The largest absolute Gasteiger partial charge is 0.481 e. The minimum absolute atomic E-state index is 0.125. The van der Waals surface area contributed by atoms with Gasteiger partial charge in [-0.2, -0.15) is 0 Å². The van der Waals surface area contributed by atoms with E-state index in [1.54, 1.807) is 0 Å². The smallest absolute Gasteiger partial charge is 0.303 e. The first-order valence-electron chi connectivity index (χ1n) is 11.8. The van der Waals surface area contributed by atoms with Crippen molar-refractivity contribution < 1.29 is 35.1 Å². The molecule has 0 fully saturated rings. The van der Waals surface area contributed by atoms with Crippen LogP contribution in [0.2, 0.25) is 0 Å². The molecule has 1 unspecified atom stereocenters. The lowest BCUT2D eigenvalue weighted by molar-refractivity contribution is -0.137. The van der Waals surface area contributed by atoms with Crippen molar-refractivity contribution in [1.29, 1.82) is 0 Å². The molecule has 7 nitrogen and oxygen atoms in total. The summed E-state index contributed by atoms with van der Waals surface area (Å²) in [5.74, 6) is -0.663. The summed E-state index contributed by atoms with van der Waals surface area (Å²) in [7, 11) is 0. The molecule has 0 aromatic rings. The van der Waals surface area contributed by atoms with E-state index < -0.39 is 12.1 Å². The van der Waals surface area contributed by atoms with E-state index >= 15 is 0 Å². The summed E-state index contributed by atoms with van der Waals surface area (Å²) in [6.45, 7) is 4.90. The summed E-state index contributed by atoms with van der Waals surface area (Å²) < 4.78 is 5.18. The summed E-state index contributed by atoms with van der Waals surface area (Å²) >= 11 is 0. The topological polar surface area (TPSA) is 127 Å². The lowest BCUT2D eigenvalue weighted by Crippen LogP contribution is -2.19. The fourth-order valence-electron chi connectivity index (χ4n) is 2.49. The third-order valence-corrected chi connectivity index (χ3v) is 4.26. The Hall–Kier alpha value is -0.730. The van der Waals surface area contributed by atoms with Gasteiger partial charge in [0.05, 0.1) is 26.4 Å². The zero-order chi connectivity index (χ0) is 23.3. The van der Waals surface area contributed by atoms with Crippen LogP contribution in [0.15, 0.2) is 0 Å². The van der Waals surface area contributed by atoms with Crippen LogP contribution in [0.25, 0.3) is 0 Å². The van der Waals surface area contributed by atoms with E-state index in [1.165, 1.54) is 64.2 Å². The van der Waals surface area contributed by atoms with E-state index in [4.69, 9.17) is 30.3 Å². The predicted octanol–water partition coefficient (Wildman–Crippen LogP) is 3.90. The quantitative estimate of drug-likeness (QED) is 0.194. The van der Waals surface area contributed by atoms with Gasteiger partial charge in [-0.15, -0.1) is 0 Å². The minimum atomic E-state index is -0.713. The predicted molar refractivity (Wildman–Crippen MR) is 122 cm³/mol. The second-order valence-electron chi connectivity index (χ2n) is 7.39. The maximum atomic E-state index is 10.1. The van der Waals surface area contributed by atoms with Crippen LogP contribution in [0.3, 0.4) is 0 Å². The zero-order valence-electron chi connectivity index (χ0n) is 19.6. The molecule has 0 aromatic carbocycles. The van der Waals surface area contributed by atoms with Crippen molar-refractivity contribution in [1.82, 2.24) is 0 Å². The Balaban J connectivity index is -0.000000416. The fourth-order valence-corrected chi connectivity index (χ4v) is 2.49. The van der Waals surface area contributed by atoms with E-state index in [0.29, 0.717) is 13.0 Å². The minimum Gasteiger partial charge on any atom is -0.481 e. The third kappa shape index (κ3) is 41.6. The number of ether oxygens (including phenoxy) is 1. The summed E-state index contributed by atoms with van der Waals surface area (Å²) in [6, 6.07) is 0. The standard InChI is InChI=1S/C11H24O3.C10H20O2.C2H6O2/c1-2-3-4-5-6-7-8-14-10-11(13)9-12;1-2-3-4-5-6-7-8-9-10(11)12;3-1-2-4/h11-13H,2-10H2,1H3;2-9H2,1H3,(H,11,12);3-4H,1-2H2. The molecule has 30 heavy (non-hydrogen) atoms. The van der Waals surface area contributed by atoms with Crippen molar-refractivity contribution in [2.75, 3.05) is 33.0 Å². The Bertz CT molecular complexity index is 299. The zero-order valence-corrected chi connectivity index (χ0v) is 19.6. The van der Waals surface area contributed by atoms with Gasteiger partial charge in [-0.25, -0.2) is 0 Å². The summed E-state index contributed by atoms with van der Waals surface area (Å²) in [6.07, 6.45) is 15.4. The van der Waals surface area contributed by atoms with E-state index in [2.05, 4.69) is 13.8 Å². The molecule has 0 saturated carbocycles. The highest BCUT2D eigenvalue weighted by atomic mass is 16.5. The van der Waals surface area contributed by atoms with Crippen molar-refractivity contribution in [3.8, 4) is 0 Å². The van der Waals surface area contributed by atoms with Gasteiger partial charge in [-0.3, -0.25) is 4.79 Å². The second kappa shape index (κ2) is 32.9. The van der Waals surface area contributed by atoms with E-state index in [0.717, 1.165) is 19.3 Å². The molecule has 0 saturated heterocycles. The second-order valence-corrected chi connectivity index (χ2v) is 7.39. The molecular formula is C23H50O7. The molecular weight excluding hydrogens is 388 g/mol. The highest BCUT2D eigenvalue weighted by Crippen LogP contribution is 2.08. The number of hydrogen-bond donors (Lipinski definition) is 5. The molecule has 0 aliphatic heterocycles. The molecule has 0 spiro atoms. The van der Waals surface area contributed by atoms with Crippen molar-refractivity contribution >= 4 is 5.97 Å². The van der Waals surface area contributed by atoms with Gasteiger partial charge in [0.1, 0.15) is 6.10 Å². The Morgan fingerprint density at radius 2 is 1.17 bits per heavy atom. The van der Waals surface area contributed by atoms with E-state index in [9.17, 15) is 4.79 Å². The molecule has 0 amide bonds.